The molecule has 0 atom stereocenters. The fraction of sp³-hybridized carbons (Fsp3) is 0.0833. The van der Waals surface area contributed by atoms with Gasteiger partial charge in [-0.1, -0.05) is 18.2 Å². The second-order valence-electron chi connectivity index (χ2n) is 7.18. The number of nitrogens with zero attached hydrogens (tertiary/aromatic N) is 3. The summed E-state index contributed by atoms with van der Waals surface area (Å²) in [5.41, 5.74) is 3.68. The second kappa shape index (κ2) is 9.99. The summed E-state index contributed by atoms with van der Waals surface area (Å²) in [5, 5.41) is 5.84. The van der Waals surface area contributed by atoms with E-state index in [1.807, 2.05) is 19.1 Å². The van der Waals surface area contributed by atoms with Crippen molar-refractivity contribution in [2.24, 2.45) is 0 Å². The predicted octanol–water partition coefficient (Wildman–Crippen LogP) is 5.58. The zero-order chi connectivity index (χ0) is 24.1. The smallest absolute Gasteiger partial charge is 0.387 e. The Hall–Kier alpha value is -4.47. The third-order valence-corrected chi connectivity index (χ3v) is 4.80. The van der Waals surface area contributed by atoms with Crippen LogP contribution in [0.4, 0.5) is 30.5 Å². The molecule has 0 radical (unpaired) electrons. The monoisotopic (exact) mass is 465 g/mol. The van der Waals surface area contributed by atoms with Gasteiger partial charge in [0.1, 0.15) is 5.75 Å². The van der Waals surface area contributed by atoms with Gasteiger partial charge in [0.25, 0.3) is 5.91 Å². The van der Waals surface area contributed by atoms with Crippen LogP contribution in [-0.2, 0) is 0 Å². The van der Waals surface area contributed by atoms with Crippen LogP contribution in [0.5, 0.6) is 5.75 Å². The Morgan fingerprint density at radius 2 is 1.65 bits per heavy atom. The molecule has 2 N–H and O–H groups in total. The van der Waals surface area contributed by atoms with E-state index >= 15 is 0 Å². The lowest BCUT2D eigenvalue weighted by atomic mass is 10.1. The van der Waals surface area contributed by atoms with E-state index in [9.17, 15) is 18.0 Å². The normalized spacial score (nSPS) is 10.7. The molecule has 0 aliphatic heterocycles. The summed E-state index contributed by atoms with van der Waals surface area (Å²) in [6, 6.07) is 14.0. The maximum Gasteiger partial charge on any atom is 0.387 e. The maximum absolute atomic E-state index is 13.0. The van der Waals surface area contributed by atoms with Crippen molar-refractivity contribution in [2.75, 3.05) is 10.6 Å². The molecule has 0 unspecified atom stereocenters. The molecule has 4 rings (SSSR count). The highest BCUT2D eigenvalue weighted by molar-refractivity contribution is 6.04. The van der Waals surface area contributed by atoms with E-state index in [2.05, 4.69) is 30.3 Å². The number of ether oxygens (including phenoxy) is 1. The Kier molecular flexibility index (Phi) is 6.67. The largest absolute Gasteiger partial charge is 0.435 e. The van der Waals surface area contributed by atoms with Gasteiger partial charge in [-0.25, -0.2) is 15.0 Å². The van der Waals surface area contributed by atoms with Crippen molar-refractivity contribution in [3.63, 3.8) is 0 Å². The number of aryl methyl sites for hydroxylation is 1. The van der Waals surface area contributed by atoms with Crippen LogP contribution in [-0.4, -0.2) is 27.5 Å². The number of halogens is 3. The van der Waals surface area contributed by atoms with Gasteiger partial charge >= 0.3 is 6.61 Å². The van der Waals surface area contributed by atoms with E-state index < -0.39 is 18.5 Å². The average molecular weight is 465 g/mol. The lowest BCUT2D eigenvalue weighted by Gasteiger charge is -2.12. The number of rotatable bonds is 7. The minimum atomic E-state index is -2.88. The molecule has 0 saturated carbocycles. The Morgan fingerprint density at radius 1 is 0.912 bits per heavy atom. The van der Waals surface area contributed by atoms with Crippen LogP contribution in [0, 0.1) is 12.9 Å². The van der Waals surface area contributed by atoms with Crippen molar-refractivity contribution in [3.8, 4) is 16.9 Å². The Bertz CT molecular complexity index is 1280. The summed E-state index contributed by atoms with van der Waals surface area (Å²) in [5.74, 6) is -0.692. The summed E-state index contributed by atoms with van der Waals surface area (Å²) >= 11 is 0. The van der Waals surface area contributed by atoms with E-state index in [0.717, 1.165) is 23.4 Å². The molecule has 34 heavy (non-hydrogen) atoms. The van der Waals surface area contributed by atoms with Gasteiger partial charge in [-0.05, 0) is 54.4 Å². The van der Waals surface area contributed by atoms with Gasteiger partial charge in [-0.3, -0.25) is 4.79 Å². The topological polar surface area (TPSA) is 89.0 Å². The standard InChI is InChI=1S/C24H18F3N5O2/c1-14-2-6-18(10-20(14)32-22(33)16-5-9-21(25)28-11-16)31-24-29-12-17(13-30-24)15-3-7-19(8-4-15)34-23(26)27/h2-13,23H,1H3,(H,32,33)(H,29,30,31). The molecule has 1 amide bonds. The average Bonchev–Trinajstić information content (AvgIpc) is 2.82. The molecule has 10 heteroatoms. The first-order chi connectivity index (χ1) is 16.4. The van der Waals surface area contributed by atoms with Gasteiger partial charge in [0, 0.05) is 35.5 Å². The van der Waals surface area contributed by atoms with Gasteiger partial charge in [0.15, 0.2) is 0 Å². The number of nitrogens with one attached hydrogen (secondary N) is 2. The van der Waals surface area contributed by atoms with Gasteiger partial charge < -0.3 is 15.4 Å². The predicted molar refractivity (Wildman–Crippen MR) is 121 cm³/mol. The van der Waals surface area contributed by atoms with E-state index in [4.69, 9.17) is 0 Å². The summed E-state index contributed by atoms with van der Waals surface area (Å²) < 4.78 is 41.9. The Labute approximate surface area is 192 Å². The summed E-state index contributed by atoms with van der Waals surface area (Å²) in [7, 11) is 0. The SMILES string of the molecule is Cc1ccc(Nc2ncc(-c3ccc(OC(F)F)cc3)cn2)cc1NC(=O)c1ccc(F)nc1. The minimum Gasteiger partial charge on any atom is -0.435 e. The van der Waals surface area contributed by atoms with Crippen molar-refractivity contribution >= 4 is 23.2 Å². The molecule has 0 aliphatic carbocycles. The third-order valence-electron chi connectivity index (χ3n) is 4.80. The Morgan fingerprint density at radius 3 is 2.29 bits per heavy atom. The lowest BCUT2D eigenvalue weighted by Crippen LogP contribution is -2.13. The fourth-order valence-electron chi connectivity index (χ4n) is 3.04. The van der Waals surface area contributed by atoms with Crippen molar-refractivity contribution in [3.05, 3.63) is 90.3 Å². The Balaban J connectivity index is 1.44. The van der Waals surface area contributed by atoms with Crippen molar-refractivity contribution in [1.82, 2.24) is 15.0 Å². The fourth-order valence-corrected chi connectivity index (χ4v) is 3.04. The highest BCUT2D eigenvalue weighted by Crippen LogP contribution is 2.25. The van der Waals surface area contributed by atoms with Crippen LogP contribution in [0.1, 0.15) is 15.9 Å². The number of hydrogen-bond donors (Lipinski definition) is 2. The number of alkyl halides is 2. The van der Waals surface area contributed by atoms with E-state index in [0.29, 0.717) is 22.9 Å². The maximum atomic E-state index is 13.0. The van der Waals surface area contributed by atoms with Gasteiger partial charge in [0.2, 0.25) is 11.9 Å². The van der Waals surface area contributed by atoms with Crippen LogP contribution in [0.15, 0.2) is 73.2 Å². The molecule has 4 aromatic rings. The quantitative estimate of drug-likeness (QED) is 0.346. The van der Waals surface area contributed by atoms with Crippen LogP contribution < -0.4 is 15.4 Å². The molecule has 0 aliphatic rings. The first-order valence-electron chi connectivity index (χ1n) is 10.1. The number of hydrogen-bond acceptors (Lipinski definition) is 6. The molecule has 2 aromatic heterocycles. The highest BCUT2D eigenvalue weighted by Gasteiger charge is 2.10. The van der Waals surface area contributed by atoms with Gasteiger partial charge in [0.05, 0.1) is 5.56 Å². The first-order valence-corrected chi connectivity index (χ1v) is 10.1. The van der Waals surface area contributed by atoms with Crippen LogP contribution >= 0.6 is 0 Å². The van der Waals surface area contributed by atoms with E-state index in [1.165, 1.54) is 18.2 Å². The van der Waals surface area contributed by atoms with Crippen molar-refractivity contribution < 1.29 is 22.7 Å². The molecule has 2 heterocycles. The first kappa shape index (κ1) is 22.7. The summed E-state index contributed by atoms with van der Waals surface area (Å²) in [6.45, 7) is -1.04. The molecule has 0 bridgehead atoms. The second-order valence-corrected chi connectivity index (χ2v) is 7.18. The summed E-state index contributed by atoms with van der Waals surface area (Å²) in [6.07, 6.45) is 4.35. The molecule has 0 spiro atoms. The van der Waals surface area contributed by atoms with Gasteiger partial charge in [-0.2, -0.15) is 13.2 Å². The van der Waals surface area contributed by atoms with E-state index in [-0.39, 0.29) is 11.3 Å². The zero-order valence-electron chi connectivity index (χ0n) is 17.8. The summed E-state index contributed by atoms with van der Waals surface area (Å²) in [4.78, 5) is 24.5. The number of carbonyl (C=O) groups excluding carboxylic acids is 1. The molecule has 172 valence electrons. The molecule has 0 fully saturated rings. The lowest BCUT2D eigenvalue weighted by molar-refractivity contribution is -0.0498. The van der Waals surface area contributed by atoms with Crippen LogP contribution in [0.3, 0.4) is 0 Å². The van der Waals surface area contributed by atoms with Crippen molar-refractivity contribution in [2.45, 2.75) is 13.5 Å². The number of anilines is 3. The molecular weight excluding hydrogens is 447 g/mol. The number of amides is 1. The van der Waals surface area contributed by atoms with E-state index in [1.54, 1.807) is 30.6 Å². The number of benzene rings is 2. The molecule has 7 nitrogen and oxygen atoms in total. The minimum absolute atomic E-state index is 0.0657. The number of aromatic nitrogens is 3. The zero-order valence-corrected chi connectivity index (χ0v) is 17.8. The van der Waals surface area contributed by atoms with Crippen LogP contribution in [0.2, 0.25) is 0 Å². The number of pyridine rings is 1. The van der Waals surface area contributed by atoms with Crippen LogP contribution in [0.25, 0.3) is 11.1 Å². The van der Waals surface area contributed by atoms with Gasteiger partial charge in [-0.15, -0.1) is 0 Å². The molecule has 2 aromatic carbocycles. The highest BCUT2D eigenvalue weighted by atomic mass is 19.3. The molecule has 0 saturated heterocycles. The third kappa shape index (κ3) is 5.66. The molecular formula is C24H18F3N5O2. The number of carbonyl (C=O) groups is 1. The van der Waals surface area contributed by atoms with Crippen molar-refractivity contribution in [1.29, 1.82) is 0 Å².